The van der Waals surface area contributed by atoms with Crippen LogP contribution in [0.3, 0.4) is 0 Å². The van der Waals surface area contributed by atoms with Crippen molar-refractivity contribution in [3.05, 3.63) is 45.3 Å². The molecule has 0 N–H and O–H groups in total. The third-order valence-electron chi connectivity index (χ3n) is 6.38. The van der Waals surface area contributed by atoms with Crippen LogP contribution >= 0.6 is 0 Å². The van der Waals surface area contributed by atoms with Gasteiger partial charge >= 0.3 is 5.63 Å². The van der Waals surface area contributed by atoms with Crippen LogP contribution in [-0.2, 0) is 11.3 Å². The Labute approximate surface area is 148 Å². The molecule has 1 aromatic heterocycles. The standard InChI is InChI=1S/C21H27NO3/c1-12-8-16-14(10-18(23)25-17(16)9-13(12)2)11-22(5)19-15-6-7-24-20(15)21(19,3)4/h8-10,15,19-20H,6-7,11H2,1-5H3. The monoisotopic (exact) mass is 341 g/mol. The molecule has 3 unspecified atom stereocenters. The highest BCUT2D eigenvalue weighted by molar-refractivity contribution is 5.81. The van der Waals surface area contributed by atoms with Crippen molar-refractivity contribution in [3.8, 4) is 0 Å². The summed E-state index contributed by atoms with van der Waals surface area (Å²) in [6.45, 7) is 10.4. The molecule has 0 spiro atoms. The van der Waals surface area contributed by atoms with Crippen molar-refractivity contribution in [1.82, 2.24) is 4.90 Å². The predicted octanol–water partition coefficient (Wildman–Crippen LogP) is 3.66. The van der Waals surface area contributed by atoms with E-state index in [1.807, 2.05) is 13.0 Å². The maximum Gasteiger partial charge on any atom is 0.336 e. The SMILES string of the molecule is Cc1cc2oc(=O)cc(CN(C)C3C4CCOC4C3(C)C)c2cc1C. The summed E-state index contributed by atoms with van der Waals surface area (Å²) in [5.74, 6) is 0.607. The molecule has 2 fully saturated rings. The van der Waals surface area contributed by atoms with Crippen LogP contribution < -0.4 is 5.63 Å². The third-order valence-corrected chi connectivity index (χ3v) is 6.38. The molecule has 2 aromatic rings. The number of rotatable bonds is 3. The van der Waals surface area contributed by atoms with E-state index in [1.54, 1.807) is 6.07 Å². The number of benzene rings is 1. The van der Waals surface area contributed by atoms with Crippen molar-refractivity contribution in [2.24, 2.45) is 11.3 Å². The second-order valence-corrected chi connectivity index (χ2v) is 8.45. The van der Waals surface area contributed by atoms with E-state index < -0.39 is 0 Å². The minimum Gasteiger partial charge on any atom is -0.423 e. The molecule has 4 nitrogen and oxygen atoms in total. The van der Waals surface area contributed by atoms with Gasteiger partial charge in [-0.3, -0.25) is 4.90 Å². The quantitative estimate of drug-likeness (QED) is 0.799. The van der Waals surface area contributed by atoms with Gasteiger partial charge < -0.3 is 9.15 Å². The van der Waals surface area contributed by atoms with E-state index in [0.717, 1.165) is 36.1 Å². The van der Waals surface area contributed by atoms with Crippen LogP contribution in [0.4, 0.5) is 0 Å². The van der Waals surface area contributed by atoms with Crippen LogP contribution in [0.5, 0.6) is 0 Å². The first-order chi connectivity index (χ1) is 11.8. The van der Waals surface area contributed by atoms with Crippen molar-refractivity contribution < 1.29 is 9.15 Å². The average molecular weight is 341 g/mol. The molecule has 25 heavy (non-hydrogen) atoms. The van der Waals surface area contributed by atoms with Gasteiger partial charge in [0.2, 0.25) is 0 Å². The van der Waals surface area contributed by atoms with Gasteiger partial charge in [-0.2, -0.15) is 0 Å². The van der Waals surface area contributed by atoms with Gasteiger partial charge in [0.1, 0.15) is 5.58 Å². The summed E-state index contributed by atoms with van der Waals surface area (Å²) >= 11 is 0. The topological polar surface area (TPSA) is 42.7 Å². The lowest BCUT2D eigenvalue weighted by Crippen LogP contribution is -2.65. The van der Waals surface area contributed by atoms with E-state index in [-0.39, 0.29) is 11.0 Å². The minimum atomic E-state index is -0.269. The fourth-order valence-corrected chi connectivity index (χ4v) is 5.17. The summed E-state index contributed by atoms with van der Waals surface area (Å²) in [6, 6.07) is 6.25. The zero-order valence-corrected chi connectivity index (χ0v) is 15.8. The number of aryl methyl sites for hydroxylation is 2. The van der Waals surface area contributed by atoms with Crippen LogP contribution in [0.15, 0.2) is 27.4 Å². The van der Waals surface area contributed by atoms with Gasteiger partial charge in [-0.05, 0) is 56.1 Å². The molecule has 4 heteroatoms. The molecule has 4 rings (SSSR count). The molecule has 134 valence electrons. The van der Waals surface area contributed by atoms with Crippen molar-refractivity contribution in [1.29, 1.82) is 0 Å². The summed E-state index contributed by atoms with van der Waals surface area (Å²) in [6.07, 6.45) is 1.52. The molecule has 1 aliphatic carbocycles. The number of nitrogens with zero attached hydrogens (tertiary/aromatic N) is 1. The van der Waals surface area contributed by atoms with Gasteiger partial charge in [-0.1, -0.05) is 13.8 Å². The molecule has 3 atom stereocenters. The Bertz CT molecular complexity index is 883. The van der Waals surface area contributed by atoms with Crippen molar-refractivity contribution in [2.45, 2.75) is 52.8 Å². The van der Waals surface area contributed by atoms with Gasteiger partial charge in [0.25, 0.3) is 0 Å². The molecular formula is C21H27NO3. The fourth-order valence-electron chi connectivity index (χ4n) is 5.17. The van der Waals surface area contributed by atoms with Crippen LogP contribution in [-0.4, -0.2) is 30.7 Å². The van der Waals surface area contributed by atoms with Crippen molar-refractivity contribution in [3.63, 3.8) is 0 Å². The van der Waals surface area contributed by atoms with Gasteiger partial charge in [-0.15, -0.1) is 0 Å². The lowest BCUT2D eigenvalue weighted by molar-refractivity contribution is -0.151. The summed E-state index contributed by atoms with van der Waals surface area (Å²) in [5.41, 5.74) is 3.99. The molecule has 2 heterocycles. The van der Waals surface area contributed by atoms with Crippen LogP contribution in [0.25, 0.3) is 11.0 Å². The molecule has 0 radical (unpaired) electrons. The van der Waals surface area contributed by atoms with Gasteiger partial charge in [-0.25, -0.2) is 4.79 Å². The van der Waals surface area contributed by atoms with Crippen LogP contribution in [0.1, 0.15) is 37.0 Å². The van der Waals surface area contributed by atoms with E-state index in [2.05, 4.69) is 38.8 Å². The maximum absolute atomic E-state index is 12.0. The zero-order chi connectivity index (χ0) is 17.9. The van der Waals surface area contributed by atoms with Crippen molar-refractivity contribution in [2.75, 3.05) is 13.7 Å². The highest BCUT2D eigenvalue weighted by Gasteiger charge is 2.60. The predicted molar refractivity (Wildman–Crippen MR) is 98.8 cm³/mol. The highest BCUT2D eigenvalue weighted by Crippen LogP contribution is 2.54. The normalized spacial score (nSPS) is 27.5. The van der Waals surface area contributed by atoms with Gasteiger partial charge in [0.05, 0.1) is 6.10 Å². The minimum absolute atomic E-state index is 0.150. The van der Waals surface area contributed by atoms with Gasteiger partial charge in [0.15, 0.2) is 0 Å². The Balaban J connectivity index is 1.69. The first-order valence-electron chi connectivity index (χ1n) is 9.15. The molecule has 0 bridgehead atoms. The fraction of sp³-hybridized carbons (Fsp3) is 0.571. The molecule has 1 aliphatic heterocycles. The number of hydrogen-bond acceptors (Lipinski definition) is 4. The van der Waals surface area contributed by atoms with Crippen LogP contribution in [0, 0.1) is 25.2 Å². The molecule has 1 saturated carbocycles. The van der Waals surface area contributed by atoms with E-state index in [0.29, 0.717) is 23.6 Å². The largest absolute Gasteiger partial charge is 0.423 e. The maximum atomic E-state index is 12.0. The van der Waals surface area contributed by atoms with E-state index >= 15 is 0 Å². The zero-order valence-electron chi connectivity index (χ0n) is 15.8. The van der Waals surface area contributed by atoms with Crippen molar-refractivity contribution >= 4 is 11.0 Å². The number of fused-ring (bicyclic) bond motifs is 2. The van der Waals surface area contributed by atoms with Gasteiger partial charge in [0, 0.05) is 42.0 Å². The lowest BCUT2D eigenvalue weighted by atomic mass is 9.57. The first-order valence-corrected chi connectivity index (χ1v) is 9.15. The Morgan fingerprint density at radius 1 is 1.20 bits per heavy atom. The van der Waals surface area contributed by atoms with E-state index in [4.69, 9.17) is 9.15 Å². The van der Waals surface area contributed by atoms with E-state index in [1.165, 1.54) is 5.56 Å². The molecular weight excluding hydrogens is 314 g/mol. The number of hydrogen-bond donors (Lipinski definition) is 0. The Kier molecular flexibility index (Phi) is 3.82. The molecule has 2 aliphatic rings. The van der Waals surface area contributed by atoms with Crippen LogP contribution in [0.2, 0.25) is 0 Å². The summed E-state index contributed by atoms with van der Waals surface area (Å²) in [7, 11) is 2.17. The summed E-state index contributed by atoms with van der Waals surface area (Å²) in [4.78, 5) is 14.4. The summed E-state index contributed by atoms with van der Waals surface area (Å²) < 4.78 is 11.4. The Morgan fingerprint density at radius 2 is 1.92 bits per heavy atom. The smallest absolute Gasteiger partial charge is 0.336 e. The second kappa shape index (κ2) is 5.68. The highest BCUT2D eigenvalue weighted by atomic mass is 16.5. The Morgan fingerprint density at radius 3 is 2.68 bits per heavy atom. The molecule has 1 saturated heterocycles. The molecule has 0 amide bonds. The molecule has 1 aromatic carbocycles. The van der Waals surface area contributed by atoms with E-state index in [9.17, 15) is 4.79 Å². The second-order valence-electron chi connectivity index (χ2n) is 8.45. The first kappa shape index (κ1) is 16.8. The third kappa shape index (κ3) is 2.54. The summed E-state index contributed by atoms with van der Waals surface area (Å²) in [5, 5.41) is 1.05. The average Bonchev–Trinajstić information content (AvgIpc) is 2.95. The Hall–Kier alpha value is -1.65. The lowest BCUT2D eigenvalue weighted by Gasteiger charge is -2.58. The number of ether oxygens (including phenoxy) is 1.